The van der Waals surface area contributed by atoms with Crippen LogP contribution in [-0.4, -0.2) is 49.4 Å². The number of ether oxygens (including phenoxy) is 2. The van der Waals surface area contributed by atoms with Crippen molar-refractivity contribution in [1.82, 2.24) is 0 Å². The molecule has 1 rings (SSSR count). The Kier molecular flexibility index (Phi) is 12.2. The summed E-state index contributed by atoms with van der Waals surface area (Å²) in [6.45, 7) is 16.0. The predicted octanol–water partition coefficient (Wildman–Crippen LogP) is 4.89. The fraction of sp³-hybridized carbons (Fsp3) is 0.826. The Morgan fingerprint density at radius 1 is 0.806 bits per heavy atom. The molecule has 1 fully saturated rings. The number of alkyl halides is 1. The van der Waals surface area contributed by atoms with Gasteiger partial charge in [0, 0.05) is 12.2 Å². The zero-order valence-corrected chi connectivity index (χ0v) is 21.1. The Morgan fingerprint density at radius 2 is 1.19 bits per heavy atom. The largest absolute Gasteiger partial charge is 0.462 e. The van der Waals surface area contributed by atoms with Gasteiger partial charge in [-0.15, -0.1) is 11.6 Å². The Hall–Kier alpha value is -1.05. The van der Waals surface area contributed by atoms with Crippen molar-refractivity contribution >= 4 is 30.7 Å². The van der Waals surface area contributed by atoms with Crippen LogP contribution in [0.25, 0.3) is 0 Å². The van der Waals surface area contributed by atoms with Crippen LogP contribution in [0.2, 0.25) is 6.32 Å². The second-order valence-corrected chi connectivity index (χ2v) is 9.88. The van der Waals surface area contributed by atoms with Crippen molar-refractivity contribution in [2.75, 3.05) is 5.88 Å². The maximum absolute atomic E-state index is 13.0. The van der Waals surface area contributed by atoms with Crippen LogP contribution in [0.15, 0.2) is 12.2 Å². The summed E-state index contributed by atoms with van der Waals surface area (Å²) in [5, 5.41) is 0. The van der Waals surface area contributed by atoms with Gasteiger partial charge in [0.15, 0.2) is 12.2 Å². The molecule has 0 N–H and O–H groups in total. The minimum atomic E-state index is -1.15. The van der Waals surface area contributed by atoms with Crippen LogP contribution in [0.3, 0.4) is 0 Å². The highest BCUT2D eigenvalue weighted by atomic mass is 35.5. The minimum absolute atomic E-state index is 0.136. The van der Waals surface area contributed by atoms with E-state index in [0.717, 1.165) is 6.42 Å². The van der Waals surface area contributed by atoms with Gasteiger partial charge in [-0.05, 0) is 30.1 Å². The smallest absolute Gasteiger partial charge is 0.460 e. The highest BCUT2D eigenvalue weighted by Gasteiger charge is 2.50. The molecule has 0 amide bonds. The SMILES string of the molecule is CC(C)C(OC(=O)[C@@H]1OB(C/C=C/CCCl)O[C@H]1C(=O)OC(C(C)C)C(C)C)C(C)C. The lowest BCUT2D eigenvalue weighted by Gasteiger charge is -2.28. The number of carbonyl (C=O) groups is 2. The molecule has 1 aliphatic rings. The molecule has 8 heteroatoms. The summed E-state index contributed by atoms with van der Waals surface area (Å²) in [4.78, 5) is 26.0. The van der Waals surface area contributed by atoms with E-state index in [-0.39, 0.29) is 35.9 Å². The summed E-state index contributed by atoms with van der Waals surface area (Å²) >= 11 is 5.69. The van der Waals surface area contributed by atoms with Crippen LogP contribution >= 0.6 is 11.6 Å². The van der Waals surface area contributed by atoms with Crippen LogP contribution in [0.1, 0.15) is 61.8 Å². The van der Waals surface area contributed by atoms with Gasteiger partial charge >= 0.3 is 19.1 Å². The fourth-order valence-electron chi connectivity index (χ4n) is 3.85. The third-order valence-corrected chi connectivity index (χ3v) is 5.46. The number of hydrogen-bond donors (Lipinski definition) is 0. The summed E-state index contributed by atoms with van der Waals surface area (Å²) in [6, 6.07) is 0. The van der Waals surface area contributed by atoms with E-state index in [1.165, 1.54) is 0 Å². The molecule has 0 bridgehead atoms. The zero-order chi connectivity index (χ0) is 23.7. The van der Waals surface area contributed by atoms with Gasteiger partial charge in [-0.1, -0.05) is 67.5 Å². The van der Waals surface area contributed by atoms with Crippen molar-refractivity contribution in [2.45, 2.75) is 92.5 Å². The lowest BCUT2D eigenvalue weighted by atomic mass is 9.85. The monoisotopic (exact) mass is 458 g/mol. The van der Waals surface area contributed by atoms with E-state index in [9.17, 15) is 9.59 Å². The van der Waals surface area contributed by atoms with Crippen LogP contribution in [0.4, 0.5) is 0 Å². The lowest BCUT2D eigenvalue weighted by molar-refractivity contribution is -0.174. The molecule has 0 unspecified atom stereocenters. The molecule has 0 aliphatic carbocycles. The van der Waals surface area contributed by atoms with Crippen LogP contribution < -0.4 is 0 Å². The van der Waals surface area contributed by atoms with E-state index in [1.807, 2.05) is 67.5 Å². The van der Waals surface area contributed by atoms with Crippen LogP contribution in [0, 0.1) is 23.7 Å². The lowest BCUT2D eigenvalue weighted by Crippen LogP contribution is -2.44. The Labute approximate surface area is 193 Å². The van der Waals surface area contributed by atoms with E-state index in [2.05, 4.69) is 0 Å². The molecule has 0 aromatic carbocycles. The first kappa shape index (κ1) is 28.0. The van der Waals surface area contributed by atoms with Gasteiger partial charge in [0.2, 0.25) is 0 Å². The molecule has 0 saturated carbocycles. The second-order valence-electron chi connectivity index (χ2n) is 9.51. The normalized spacial score (nSPS) is 19.8. The standard InChI is InChI=1S/C23H40BClO6/c1-14(2)18(15(3)4)28-22(26)20-21(23(27)29-19(16(5)6)17(7)8)31-24(30-20)12-10-9-11-13-25/h9-10,14-21H,11-13H2,1-8H3/b10-9+/t20-,21-/m1/s1. The number of hydrogen-bond acceptors (Lipinski definition) is 6. The van der Waals surface area contributed by atoms with Gasteiger partial charge in [0.1, 0.15) is 12.2 Å². The molecule has 0 radical (unpaired) electrons. The van der Waals surface area contributed by atoms with Gasteiger partial charge < -0.3 is 18.8 Å². The molecule has 1 saturated heterocycles. The molecule has 1 heterocycles. The zero-order valence-electron chi connectivity index (χ0n) is 20.3. The highest BCUT2D eigenvalue weighted by molar-refractivity contribution is 6.46. The quantitative estimate of drug-likeness (QED) is 0.179. The molecule has 178 valence electrons. The molecule has 2 atom stereocenters. The first-order chi connectivity index (χ1) is 14.5. The summed E-state index contributed by atoms with van der Waals surface area (Å²) in [5.41, 5.74) is 0. The predicted molar refractivity (Wildman–Crippen MR) is 124 cm³/mol. The second kappa shape index (κ2) is 13.5. The third kappa shape index (κ3) is 8.78. The number of esters is 2. The molecule has 0 spiro atoms. The summed E-state index contributed by atoms with van der Waals surface area (Å²) in [7, 11) is -0.727. The Morgan fingerprint density at radius 3 is 1.52 bits per heavy atom. The molecule has 0 aromatic heterocycles. The van der Waals surface area contributed by atoms with Gasteiger partial charge in [-0.2, -0.15) is 0 Å². The van der Waals surface area contributed by atoms with Crippen molar-refractivity contribution in [1.29, 1.82) is 0 Å². The van der Waals surface area contributed by atoms with Crippen LogP contribution in [0.5, 0.6) is 0 Å². The summed E-state index contributed by atoms with van der Waals surface area (Å²) in [6.07, 6.45) is 2.04. The highest BCUT2D eigenvalue weighted by Crippen LogP contribution is 2.27. The molecular weight excluding hydrogens is 419 g/mol. The van der Waals surface area contributed by atoms with E-state index in [4.69, 9.17) is 30.4 Å². The third-order valence-electron chi connectivity index (χ3n) is 5.24. The molecule has 31 heavy (non-hydrogen) atoms. The molecule has 0 aromatic rings. The average molecular weight is 459 g/mol. The van der Waals surface area contributed by atoms with Crippen molar-refractivity contribution in [3.8, 4) is 0 Å². The number of halogens is 1. The molecular formula is C23H40BClO6. The number of rotatable bonds is 12. The Balaban J connectivity index is 2.99. The van der Waals surface area contributed by atoms with Gasteiger partial charge in [0.25, 0.3) is 0 Å². The van der Waals surface area contributed by atoms with Crippen molar-refractivity contribution in [2.24, 2.45) is 23.7 Å². The van der Waals surface area contributed by atoms with E-state index in [0.29, 0.717) is 12.2 Å². The van der Waals surface area contributed by atoms with Crippen LogP contribution in [-0.2, 0) is 28.4 Å². The summed E-state index contributed by atoms with van der Waals surface area (Å²) < 4.78 is 23.1. The Bertz CT molecular complexity index is 535. The van der Waals surface area contributed by atoms with Gasteiger partial charge in [-0.25, -0.2) is 9.59 Å². The first-order valence-electron chi connectivity index (χ1n) is 11.4. The average Bonchev–Trinajstić information content (AvgIpc) is 3.10. The number of allylic oxidation sites excluding steroid dienone is 2. The minimum Gasteiger partial charge on any atom is -0.460 e. The topological polar surface area (TPSA) is 71.1 Å². The first-order valence-corrected chi connectivity index (χ1v) is 12.0. The van der Waals surface area contributed by atoms with Gasteiger partial charge in [0.05, 0.1) is 0 Å². The van der Waals surface area contributed by atoms with E-state index < -0.39 is 31.3 Å². The molecule has 6 nitrogen and oxygen atoms in total. The maximum atomic E-state index is 13.0. The fourth-order valence-corrected chi connectivity index (χ4v) is 3.97. The van der Waals surface area contributed by atoms with E-state index >= 15 is 0 Å². The van der Waals surface area contributed by atoms with Crippen molar-refractivity contribution in [3.05, 3.63) is 12.2 Å². The van der Waals surface area contributed by atoms with Gasteiger partial charge in [-0.3, -0.25) is 0 Å². The van der Waals surface area contributed by atoms with Crippen molar-refractivity contribution in [3.63, 3.8) is 0 Å². The molecule has 1 aliphatic heterocycles. The summed E-state index contributed by atoms with van der Waals surface area (Å²) in [5.74, 6) is -0.118. The maximum Gasteiger partial charge on any atom is 0.462 e. The van der Waals surface area contributed by atoms with Crippen molar-refractivity contribution < 1.29 is 28.4 Å². The number of carbonyl (C=O) groups excluding carboxylic acids is 2. The van der Waals surface area contributed by atoms with E-state index in [1.54, 1.807) is 0 Å².